The summed E-state index contributed by atoms with van der Waals surface area (Å²) in [5.74, 6) is -0.286. The molecule has 1 aliphatic rings. The Hall–Kier alpha value is -3.07. The van der Waals surface area contributed by atoms with Crippen molar-refractivity contribution in [2.45, 2.75) is 31.9 Å². The van der Waals surface area contributed by atoms with Gasteiger partial charge in [0, 0.05) is 24.0 Å². The molecule has 3 aromatic rings. The molecule has 0 spiro atoms. The first-order chi connectivity index (χ1) is 15.5. The minimum atomic E-state index is -4.58. The molecule has 3 aromatic carbocycles. The number of carbonyl (C=O) groups excluding carboxylic acids is 1. The van der Waals surface area contributed by atoms with Crippen LogP contribution in [0.4, 0.5) is 24.5 Å². The predicted octanol–water partition coefficient (Wildman–Crippen LogP) is 5.14. The van der Waals surface area contributed by atoms with E-state index in [0.717, 1.165) is 40.9 Å². The fourth-order valence-corrected chi connectivity index (χ4v) is 5.23. The number of alkyl halides is 3. The van der Waals surface area contributed by atoms with Gasteiger partial charge >= 0.3 is 6.18 Å². The summed E-state index contributed by atoms with van der Waals surface area (Å²) in [6.07, 6.45) is -1.54. The maximum atomic E-state index is 13.0. The van der Waals surface area contributed by atoms with Crippen LogP contribution in [0.3, 0.4) is 0 Å². The average Bonchev–Trinajstić information content (AvgIpc) is 3.16. The molecule has 1 amide bonds. The molecule has 1 N–H and O–H groups in total. The number of halogens is 3. The molecular formula is C24H23F3N2O3S. The second-order valence-electron chi connectivity index (χ2n) is 8.15. The van der Waals surface area contributed by atoms with Crippen LogP contribution in [0.2, 0.25) is 0 Å². The molecule has 9 heteroatoms. The number of rotatable bonds is 7. The van der Waals surface area contributed by atoms with Crippen molar-refractivity contribution in [2.75, 3.05) is 22.4 Å². The third-order valence-electron chi connectivity index (χ3n) is 5.78. The Labute approximate surface area is 190 Å². The largest absolute Gasteiger partial charge is 0.416 e. The summed E-state index contributed by atoms with van der Waals surface area (Å²) >= 11 is 0. The van der Waals surface area contributed by atoms with E-state index in [4.69, 9.17) is 0 Å². The maximum Gasteiger partial charge on any atom is 0.416 e. The average molecular weight is 477 g/mol. The van der Waals surface area contributed by atoms with Crippen LogP contribution in [0.1, 0.15) is 29.5 Å². The van der Waals surface area contributed by atoms with Crippen molar-refractivity contribution >= 4 is 38.1 Å². The summed E-state index contributed by atoms with van der Waals surface area (Å²) in [6, 6.07) is 14.0. The van der Waals surface area contributed by atoms with Crippen LogP contribution in [0.5, 0.6) is 0 Å². The van der Waals surface area contributed by atoms with Gasteiger partial charge in [0.1, 0.15) is 0 Å². The van der Waals surface area contributed by atoms with Crippen molar-refractivity contribution in [3.63, 3.8) is 0 Å². The molecule has 0 saturated carbocycles. The van der Waals surface area contributed by atoms with Crippen molar-refractivity contribution < 1.29 is 26.4 Å². The minimum absolute atomic E-state index is 0.0217. The molecule has 174 valence electrons. The SMILES string of the molecule is CS(=O)(=O)N(CCCC(=O)Nc1ccc2c3c(cccc13)CC2)c1cccc(C(F)(F)F)c1. The van der Waals surface area contributed by atoms with Gasteiger partial charge in [-0.2, -0.15) is 13.2 Å². The molecule has 5 nitrogen and oxygen atoms in total. The first-order valence-corrected chi connectivity index (χ1v) is 12.4. The van der Waals surface area contributed by atoms with Gasteiger partial charge in [0.25, 0.3) is 0 Å². The normalized spacial score (nSPS) is 13.3. The maximum absolute atomic E-state index is 13.0. The smallest absolute Gasteiger partial charge is 0.326 e. The summed E-state index contributed by atoms with van der Waals surface area (Å²) in [7, 11) is -3.83. The number of hydrogen-bond acceptors (Lipinski definition) is 3. The van der Waals surface area contributed by atoms with Gasteiger partial charge in [-0.25, -0.2) is 8.42 Å². The van der Waals surface area contributed by atoms with Gasteiger partial charge in [0.05, 0.1) is 17.5 Å². The zero-order valence-corrected chi connectivity index (χ0v) is 18.8. The summed E-state index contributed by atoms with van der Waals surface area (Å²) in [5, 5.41) is 5.03. The number of sulfonamides is 1. The van der Waals surface area contributed by atoms with Gasteiger partial charge in [-0.15, -0.1) is 0 Å². The standard InChI is InChI=1S/C24H23F3N2O3S/c1-33(31,32)29(19-7-3-6-18(15-19)24(25,26)27)14-4-9-22(30)28-21-13-12-17-11-10-16-5-2-8-20(21)23(16)17/h2-3,5-8,12-13,15H,4,9-11,14H2,1H3,(H,28,30). The molecular weight excluding hydrogens is 453 g/mol. The van der Waals surface area contributed by atoms with Crippen LogP contribution < -0.4 is 9.62 Å². The van der Waals surface area contributed by atoms with E-state index in [2.05, 4.69) is 11.4 Å². The van der Waals surface area contributed by atoms with Gasteiger partial charge in [0.15, 0.2) is 0 Å². The van der Waals surface area contributed by atoms with Crippen molar-refractivity contribution in [3.05, 3.63) is 71.3 Å². The molecule has 0 unspecified atom stereocenters. The van der Waals surface area contributed by atoms with Crippen LogP contribution in [-0.4, -0.2) is 27.1 Å². The quantitative estimate of drug-likeness (QED) is 0.513. The molecule has 1 aliphatic carbocycles. The lowest BCUT2D eigenvalue weighted by molar-refractivity contribution is -0.137. The highest BCUT2D eigenvalue weighted by molar-refractivity contribution is 7.92. The summed E-state index contributed by atoms with van der Waals surface area (Å²) in [6.45, 7) is -0.114. The van der Waals surface area contributed by atoms with Crippen LogP contribution >= 0.6 is 0 Å². The molecule has 0 fully saturated rings. The fraction of sp³-hybridized carbons (Fsp3) is 0.292. The van der Waals surface area contributed by atoms with Crippen LogP contribution in [-0.2, 0) is 33.8 Å². The third-order valence-corrected chi connectivity index (χ3v) is 6.97. The van der Waals surface area contributed by atoms with Crippen LogP contribution in [0, 0.1) is 0 Å². The zero-order valence-electron chi connectivity index (χ0n) is 17.9. The second-order valence-corrected chi connectivity index (χ2v) is 10.1. The molecule has 0 heterocycles. The van der Waals surface area contributed by atoms with E-state index in [1.807, 2.05) is 24.3 Å². The lowest BCUT2D eigenvalue weighted by Crippen LogP contribution is -2.31. The van der Waals surface area contributed by atoms with Gasteiger partial charge < -0.3 is 5.32 Å². The van der Waals surface area contributed by atoms with Gasteiger partial charge in [-0.3, -0.25) is 9.10 Å². The van der Waals surface area contributed by atoms with E-state index in [1.165, 1.54) is 28.6 Å². The van der Waals surface area contributed by atoms with E-state index in [1.54, 1.807) is 0 Å². The lowest BCUT2D eigenvalue weighted by atomic mass is 10.0. The third kappa shape index (κ3) is 4.98. The molecule has 0 aromatic heterocycles. The highest BCUT2D eigenvalue weighted by Crippen LogP contribution is 2.35. The summed E-state index contributed by atoms with van der Waals surface area (Å²) < 4.78 is 64.4. The summed E-state index contributed by atoms with van der Waals surface area (Å²) in [5.41, 5.74) is 2.19. The van der Waals surface area contributed by atoms with Crippen LogP contribution in [0.25, 0.3) is 10.8 Å². The Bertz CT molecular complexity index is 1310. The monoisotopic (exact) mass is 476 g/mol. The van der Waals surface area contributed by atoms with Crippen molar-refractivity contribution in [1.82, 2.24) is 0 Å². The van der Waals surface area contributed by atoms with Gasteiger partial charge in [-0.05, 0) is 60.0 Å². The van der Waals surface area contributed by atoms with E-state index in [9.17, 15) is 26.4 Å². The topological polar surface area (TPSA) is 66.5 Å². The number of amides is 1. The van der Waals surface area contributed by atoms with Gasteiger partial charge in [-0.1, -0.05) is 30.3 Å². The summed E-state index contributed by atoms with van der Waals surface area (Å²) in [4.78, 5) is 12.6. The number of nitrogens with zero attached hydrogens (tertiary/aromatic N) is 1. The number of anilines is 2. The van der Waals surface area contributed by atoms with E-state index >= 15 is 0 Å². The fourth-order valence-electron chi connectivity index (χ4n) is 4.28. The molecule has 0 saturated heterocycles. The predicted molar refractivity (Wildman–Crippen MR) is 123 cm³/mol. The number of hydrogen-bond donors (Lipinski definition) is 1. The molecule has 0 atom stereocenters. The Morgan fingerprint density at radius 3 is 2.42 bits per heavy atom. The van der Waals surface area contributed by atoms with E-state index in [-0.39, 0.29) is 31.0 Å². The first kappa shape index (κ1) is 23.1. The zero-order chi connectivity index (χ0) is 23.8. The van der Waals surface area contributed by atoms with E-state index in [0.29, 0.717) is 5.69 Å². The van der Waals surface area contributed by atoms with Crippen molar-refractivity contribution in [1.29, 1.82) is 0 Å². The number of aryl methyl sites for hydroxylation is 2. The highest BCUT2D eigenvalue weighted by atomic mass is 32.2. The number of carbonyl (C=O) groups is 1. The van der Waals surface area contributed by atoms with E-state index < -0.39 is 21.8 Å². The Balaban J connectivity index is 1.45. The number of benzene rings is 3. The van der Waals surface area contributed by atoms with Gasteiger partial charge in [0.2, 0.25) is 15.9 Å². The van der Waals surface area contributed by atoms with Crippen molar-refractivity contribution in [3.8, 4) is 0 Å². The first-order valence-electron chi connectivity index (χ1n) is 10.5. The second kappa shape index (κ2) is 8.70. The molecule has 33 heavy (non-hydrogen) atoms. The minimum Gasteiger partial charge on any atom is -0.326 e. The highest BCUT2D eigenvalue weighted by Gasteiger charge is 2.31. The molecule has 0 bridgehead atoms. The Morgan fingerprint density at radius 2 is 1.73 bits per heavy atom. The Morgan fingerprint density at radius 1 is 1.03 bits per heavy atom. The lowest BCUT2D eigenvalue weighted by Gasteiger charge is -2.23. The molecule has 0 radical (unpaired) electrons. The molecule has 4 rings (SSSR count). The Kier molecular flexibility index (Phi) is 6.09. The van der Waals surface area contributed by atoms with Crippen molar-refractivity contribution in [2.24, 2.45) is 0 Å². The van der Waals surface area contributed by atoms with Crippen LogP contribution in [0.15, 0.2) is 54.6 Å². The molecule has 0 aliphatic heterocycles. The number of nitrogens with one attached hydrogen (secondary N) is 1.